The minimum atomic E-state index is -0.657. The van der Waals surface area contributed by atoms with Crippen LogP contribution < -0.4 is 19.5 Å². The van der Waals surface area contributed by atoms with E-state index < -0.39 is 12.3 Å². The standard InChI is InChI=1S/C45H48ClFN4O4/c1-29-35(7-4-12-42(29)53-20-6-17-51-18-15-33(47)16-19-51)36-8-3-9-38-37(36)13-14-43(38)55-45-25-44(54-28-31-21-30(26-48)22-34(23-31)49-2)32(24-39(45)46)27-50-40-10-5-11-41(40)52/h3-4,7-9,12,21-25,33,40-41,43,50,52H,5-6,10-11,13-20,27-28H2,1H3/t40-,41-,43+/m1/s1. The topological polar surface area (TPSA) is 91.3 Å². The molecule has 0 spiro atoms. The number of benzene rings is 4. The van der Waals surface area contributed by atoms with Crippen LogP contribution in [0.2, 0.25) is 5.02 Å². The molecule has 3 atom stereocenters. The number of nitrogens with one attached hydrogen (secondary N) is 1. The molecule has 2 aliphatic carbocycles. The number of hydrogen-bond acceptors (Lipinski definition) is 7. The van der Waals surface area contributed by atoms with Gasteiger partial charge in [-0.15, -0.1) is 0 Å². The second-order valence-electron chi connectivity index (χ2n) is 14.9. The normalized spacial score (nSPS) is 19.8. The van der Waals surface area contributed by atoms with Crippen LogP contribution >= 0.6 is 11.6 Å². The Kier molecular flexibility index (Phi) is 12.6. The van der Waals surface area contributed by atoms with E-state index in [1.165, 1.54) is 11.1 Å². The van der Waals surface area contributed by atoms with Gasteiger partial charge in [-0.25, -0.2) is 9.24 Å². The average molecular weight is 763 g/mol. The van der Waals surface area contributed by atoms with Gasteiger partial charge in [0.25, 0.3) is 0 Å². The lowest BCUT2D eigenvalue weighted by Crippen LogP contribution is -2.35. The molecule has 0 amide bonds. The van der Waals surface area contributed by atoms with Gasteiger partial charge in [0, 0.05) is 49.4 Å². The molecule has 2 N–H and O–H groups in total. The summed E-state index contributed by atoms with van der Waals surface area (Å²) in [5.74, 6) is 1.97. The monoisotopic (exact) mass is 762 g/mol. The lowest BCUT2D eigenvalue weighted by Gasteiger charge is -2.28. The molecule has 1 heterocycles. The second kappa shape index (κ2) is 17.9. The van der Waals surface area contributed by atoms with Crippen molar-refractivity contribution in [3.05, 3.63) is 117 Å². The maximum Gasteiger partial charge on any atom is 0.188 e. The number of ether oxygens (including phenoxy) is 3. The molecule has 2 fully saturated rings. The molecule has 1 saturated heterocycles. The van der Waals surface area contributed by atoms with Crippen molar-refractivity contribution < 1.29 is 23.7 Å². The third-order valence-electron chi connectivity index (χ3n) is 11.2. The number of aliphatic hydroxyl groups is 1. The lowest BCUT2D eigenvalue weighted by molar-refractivity contribution is 0.143. The predicted molar refractivity (Wildman–Crippen MR) is 213 cm³/mol. The largest absolute Gasteiger partial charge is 0.493 e. The van der Waals surface area contributed by atoms with Gasteiger partial charge in [-0.05, 0) is 122 Å². The Morgan fingerprint density at radius 3 is 2.58 bits per heavy atom. The van der Waals surface area contributed by atoms with Crippen molar-refractivity contribution in [1.82, 2.24) is 10.2 Å². The number of hydrogen-bond donors (Lipinski definition) is 2. The number of aliphatic hydroxyl groups excluding tert-OH is 1. The number of rotatable bonds is 14. The molecule has 286 valence electrons. The molecule has 0 unspecified atom stereocenters. The van der Waals surface area contributed by atoms with Crippen LogP contribution in [-0.2, 0) is 19.6 Å². The van der Waals surface area contributed by atoms with Gasteiger partial charge in [-0.2, -0.15) is 5.26 Å². The van der Waals surface area contributed by atoms with Crippen molar-refractivity contribution in [1.29, 1.82) is 5.26 Å². The molecule has 8 nitrogen and oxygen atoms in total. The fraction of sp³-hybridized carbons (Fsp3) is 0.422. The Bertz CT molecular complexity index is 2040. The molecule has 10 heteroatoms. The van der Waals surface area contributed by atoms with Gasteiger partial charge >= 0.3 is 0 Å². The number of halogens is 2. The Morgan fingerprint density at radius 1 is 0.982 bits per heavy atom. The van der Waals surface area contributed by atoms with Crippen LogP contribution in [0.3, 0.4) is 0 Å². The third-order valence-corrected chi connectivity index (χ3v) is 11.5. The number of piperidine rings is 1. The van der Waals surface area contributed by atoms with Crippen LogP contribution in [0.25, 0.3) is 16.0 Å². The van der Waals surface area contributed by atoms with E-state index in [1.807, 2.05) is 18.2 Å². The lowest BCUT2D eigenvalue weighted by atomic mass is 9.93. The summed E-state index contributed by atoms with van der Waals surface area (Å²) < 4.78 is 32.9. The highest BCUT2D eigenvalue weighted by Gasteiger charge is 2.29. The van der Waals surface area contributed by atoms with Crippen LogP contribution in [0.5, 0.6) is 17.2 Å². The molecule has 0 aromatic heterocycles. The van der Waals surface area contributed by atoms with Crippen molar-refractivity contribution in [3.63, 3.8) is 0 Å². The zero-order valence-corrected chi connectivity index (χ0v) is 32.1. The van der Waals surface area contributed by atoms with E-state index in [9.17, 15) is 14.8 Å². The number of fused-ring (bicyclic) bond motifs is 1. The van der Waals surface area contributed by atoms with E-state index in [4.69, 9.17) is 32.4 Å². The smallest absolute Gasteiger partial charge is 0.188 e. The zero-order valence-electron chi connectivity index (χ0n) is 31.3. The molecule has 3 aliphatic rings. The maximum atomic E-state index is 13.5. The van der Waals surface area contributed by atoms with Crippen molar-refractivity contribution in [3.8, 4) is 34.4 Å². The predicted octanol–water partition coefficient (Wildman–Crippen LogP) is 9.59. The summed E-state index contributed by atoms with van der Waals surface area (Å²) in [6, 6.07) is 23.5. The Morgan fingerprint density at radius 2 is 1.80 bits per heavy atom. The molecule has 1 aliphatic heterocycles. The van der Waals surface area contributed by atoms with E-state index in [1.54, 1.807) is 18.2 Å². The molecular weight excluding hydrogens is 715 g/mol. The maximum absolute atomic E-state index is 13.5. The van der Waals surface area contributed by atoms with Crippen molar-refractivity contribution in [2.24, 2.45) is 0 Å². The van der Waals surface area contributed by atoms with E-state index in [0.717, 1.165) is 86.2 Å². The van der Waals surface area contributed by atoms with Crippen LogP contribution in [-0.4, -0.2) is 54.6 Å². The van der Waals surface area contributed by atoms with Gasteiger partial charge in [0.15, 0.2) is 5.69 Å². The van der Waals surface area contributed by atoms with Crippen LogP contribution in [0, 0.1) is 24.8 Å². The first-order valence-corrected chi connectivity index (χ1v) is 19.8. The summed E-state index contributed by atoms with van der Waals surface area (Å²) in [4.78, 5) is 5.84. The van der Waals surface area contributed by atoms with Crippen molar-refractivity contribution in [2.75, 3.05) is 26.2 Å². The van der Waals surface area contributed by atoms with Gasteiger partial charge in [0.1, 0.15) is 36.1 Å². The van der Waals surface area contributed by atoms with Crippen LogP contribution in [0.4, 0.5) is 10.1 Å². The first-order valence-electron chi connectivity index (χ1n) is 19.5. The summed E-state index contributed by atoms with van der Waals surface area (Å²) in [5, 5.41) is 23.9. The average Bonchev–Trinajstić information content (AvgIpc) is 3.82. The fourth-order valence-electron chi connectivity index (χ4n) is 8.21. The molecule has 4 aromatic rings. The van der Waals surface area contributed by atoms with E-state index in [0.29, 0.717) is 59.3 Å². The highest BCUT2D eigenvalue weighted by atomic mass is 35.5. The number of alkyl halides is 1. The number of likely N-dealkylation sites (tertiary alicyclic amines) is 1. The number of nitrogens with zero attached hydrogens (tertiary/aromatic N) is 3. The molecule has 7 rings (SSSR count). The molecule has 0 bridgehead atoms. The van der Waals surface area contributed by atoms with Gasteiger partial charge in [0.05, 0.1) is 30.4 Å². The summed E-state index contributed by atoms with van der Waals surface area (Å²) in [5.41, 5.74) is 8.11. The van der Waals surface area contributed by atoms with Gasteiger partial charge in [0.2, 0.25) is 0 Å². The first kappa shape index (κ1) is 38.6. The second-order valence-corrected chi connectivity index (χ2v) is 15.3. The molecule has 55 heavy (non-hydrogen) atoms. The van der Waals surface area contributed by atoms with E-state index in [-0.39, 0.29) is 18.8 Å². The zero-order chi connectivity index (χ0) is 38.3. The van der Waals surface area contributed by atoms with E-state index in [2.05, 4.69) is 58.4 Å². The van der Waals surface area contributed by atoms with Gasteiger partial charge < -0.3 is 29.5 Å². The third kappa shape index (κ3) is 9.26. The van der Waals surface area contributed by atoms with Crippen LogP contribution in [0.1, 0.15) is 84.4 Å². The van der Waals surface area contributed by atoms with Crippen molar-refractivity contribution >= 4 is 17.3 Å². The number of nitriles is 1. The highest BCUT2D eigenvalue weighted by Crippen LogP contribution is 2.44. The Hall–Kier alpha value is -4.64. The molecule has 4 aromatic carbocycles. The SMILES string of the molecule is [C-]#[N+]c1cc(C#N)cc(COc2cc(O[C@H]3CCc4c(-c5cccc(OCCCN6CCC(F)CC6)c5C)cccc43)c(Cl)cc2CN[C@@H]2CCC[C@H]2O)c1. The Labute approximate surface area is 328 Å². The minimum Gasteiger partial charge on any atom is -0.493 e. The molecular formula is C45H48ClFN4O4. The van der Waals surface area contributed by atoms with Crippen molar-refractivity contribution in [2.45, 2.75) is 95.9 Å². The molecule has 0 radical (unpaired) electrons. The molecule has 1 saturated carbocycles. The summed E-state index contributed by atoms with van der Waals surface area (Å²) >= 11 is 6.94. The first-order chi connectivity index (χ1) is 26.8. The quantitative estimate of drug-likeness (QED) is 0.0977. The summed E-state index contributed by atoms with van der Waals surface area (Å²) in [7, 11) is 0. The fourth-order valence-corrected chi connectivity index (χ4v) is 8.44. The van der Waals surface area contributed by atoms with Gasteiger partial charge in [-0.1, -0.05) is 41.9 Å². The van der Waals surface area contributed by atoms with E-state index >= 15 is 0 Å². The van der Waals surface area contributed by atoms with Gasteiger partial charge in [-0.3, -0.25) is 0 Å². The Balaban J connectivity index is 1.08. The minimum absolute atomic E-state index is 0.00607. The summed E-state index contributed by atoms with van der Waals surface area (Å²) in [6.45, 7) is 13.3. The highest BCUT2D eigenvalue weighted by molar-refractivity contribution is 6.32. The summed E-state index contributed by atoms with van der Waals surface area (Å²) in [6.07, 6.45) is 5.17. The van der Waals surface area contributed by atoms with Crippen LogP contribution in [0.15, 0.2) is 66.7 Å².